The van der Waals surface area contributed by atoms with E-state index in [1.807, 2.05) is 0 Å². The van der Waals surface area contributed by atoms with E-state index in [2.05, 4.69) is 10.1 Å². The average Bonchev–Trinajstić information content (AvgIpc) is 2.87. The van der Waals surface area contributed by atoms with E-state index in [9.17, 15) is 9.59 Å². The first-order valence-electron chi connectivity index (χ1n) is 5.84. The lowest BCUT2D eigenvalue weighted by molar-refractivity contribution is -0.142. The third kappa shape index (κ3) is 2.91. The summed E-state index contributed by atoms with van der Waals surface area (Å²) < 4.78 is 4.65. The number of carbonyl (C=O) groups excluding carboxylic acids is 2. The number of ketones is 1. The first-order chi connectivity index (χ1) is 9.04. The fourth-order valence-corrected chi connectivity index (χ4v) is 2.78. The molecule has 0 aliphatic carbocycles. The Balaban J connectivity index is 2.16. The van der Waals surface area contributed by atoms with Crippen LogP contribution in [0.25, 0.3) is 0 Å². The molecule has 102 valence electrons. The number of benzene rings is 1. The Morgan fingerprint density at radius 1 is 1.32 bits per heavy atom. The number of rotatable bonds is 3. The Kier molecular flexibility index (Phi) is 4.45. The highest BCUT2D eigenvalue weighted by molar-refractivity contribution is 6.39. The number of hydrogen-bond donors (Lipinski definition) is 1. The van der Waals surface area contributed by atoms with Crippen LogP contribution in [0, 0.1) is 5.92 Å². The van der Waals surface area contributed by atoms with Crippen LogP contribution in [0.1, 0.15) is 16.8 Å². The molecule has 1 aromatic rings. The van der Waals surface area contributed by atoms with Crippen LogP contribution < -0.4 is 5.32 Å². The number of carbonyl (C=O) groups is 2. The van der Waals surface area contributed by atoms with Gasteiger partial charge in [0.2, 0.25) is 0 Å². The van der Waals surface area contributed by atoms with Crippen LogP contribution in [0.4, 0.5) is 0 Å². The molecule has 2 unspecified atom stereocenters. The summed E-state index contributed by atoms with van der Waals surface area (Å²) in [6.45, 7) is 0.417. The van der Waals surface area contributed by atoms with Gasteiger partial charge in [0.1, 0.15) is 6.04 Å². The molecule has 6 heteroatoms. The van der Waals surface area contributed by atoms with Crippen LogP contribution in [-0.2, 0) is 9.53 Å². The van der Waals surface area contributed by atoms with Crippen molar-refractivity contribution in [3.63, 3.8) is 0 Å². The fourth-order valence-electron chi connectivity index (χ4n) is 2.19. The van der Waals surface area contributed by atoms with Gasteiger partial charge in [-0.15, -0.1) is 0 Å². The maximum atomic E-state index is 12.4. The molecule has 0 amide bonds. The van der Waals surface area contributed by atoms with E-state index in [4.69, 9.17) is 23.2 Å². The SMILES string of the molecule is COC(=O)C1CC(C(=O)c2c(Cl)cccc2Cl)CN1. The van der Waals surface area contributed by atoms with E-state index in [-0.39, 0.29) is 17.7 Å². The average molecular weight is 302 g/mol. The summed E-state index contributed by atoms with van der Waals surface area (Å²) in [7, 11) is 1.32. The minimum atomic E-state index is -0.444. The van der Waals surface area contributed by atoms with Gasteiger partial charge in [0, 0.05) is 12.5 Å². The summed E-state index contributed by atoms with van der Waals surface area (Å²) in [5.41, 5.74) is 0.322. The van der Waals surface area contributed by atoms with Crippen molar-refractivity contribution in [1.82, 2.24) is 5.32 Å². The molecular weight excluding hydrogens is 289 g/mol. The van der Waals surface area contributed by atoms with Crippen LogP contribution in [0.15, 0.2) is 18.2 Å². The highest BCUT2D eigenvalue weighted by Crippen LogP contribution is 2.29. The molecule has 1 heterocycles. The molecule has 1 fully saturated rings. The standard InChI is InChI=1S/C13H13Cl2NO3/c1-19-13(18)10-5-7(6-16-10)12(17)11-8(14)3-2-4-9(11)15/h2-4,7,10,16H,5-6H2,1H3. The summed E-state index contributed by atoms with van der Waals surface area (Å²) in [5.74, 6) is -0.823. The largest absolute Gasteiger partial charge is 0.468 e. The second-order valence-corrected chi connectivity index (χ2v) is 5.19. The molecule has 0 spiro atoms. The lowest BCUT2D eigenvalue weighted by Gasteiger charge is -2.11. The van der Waals surface area contributed by atoms with Gasteiger partial charge in [-0.2, -0.15) is 0 Å². The van der Waals surface area contributed by atoms with E-state index >= 15 is 0 Å². The second kappa shape index (κ2) is 5.90. The highest BCUT2D eigenvalue weighted by atomic mass is 35.5. The van der Waals surface area contributed by atoms with Crippen molar-refractivity contribution in [2.24, 2.45) is 5.92 Å². The predicted molar refractivity (Wildman–Crippen MR) is 72.7 cm³/mol. The van der Waals surface area contributed by atoms with Crippen molar-refractivity contribution in [3.8, 4) is 0 Å². The van der Waals surface area contributed by atoms with Crippen molar-refractivity contribution in [2.75, 3.05) is 13.7 Å². The molecular formula is C13H13Cl2NO3. The van der Waals surface area contributed by atoms with Gasteiger partial charge in [-0.3, -0.25) is 9.59 Å². The fraction of sp³-hybridized carbons (Fsp3) is 0.385. The van der Waals surface area contributed by atoms with E-state index in [0.29, 0.717) is 28.6 Å². The Morgan fingerprint density at radius 2 is 1.95 bits per heavy atom. The summed E-state index contributed by atoms with van der Waals surface area (Å²) in [5, 5.41) is 3.63. The van der Waals surface area contributed by atoms with E-state index in [1.165, 1.54) is 7.11 Å². The van der Waals surface area contributed by atoms with Gasteiger partial charge in [0.05, 0.1) is 22.7 Å². The highest BCUT2D eigenvalue weighted by Gasteiger charge is 2.35. The van der Waals surface area contributed by atoms with Gasteiger partial charge in [0.15, 0.2) is 5.78 Å². The zero-order valence-corrected chi connectivity index (χ0v) is 11.8. The Hall–Kier alpha value is -1.10. The first kappa shape index (κ1) is 14.3. The van der Waals surface area contributed by atoms with Crippen molar-refractivity contribution in [1.29, 1.82) is 0 Å². The maximum absolute atomic E-state index is 12.4. The zero-order chi connectivity index (χ0) is 14.0. The Labute approximate surface area is 121 Å². The number of Topliss-reactive ketones (excluding diaryl/α,β-unsaturated/α-hetero) is 1. The molecule has 1 aromatic carbocycles. The molecule has 0 bridgehead atoms. The van der Waals surface area contributed by atoms with E-state index in [1.54, 1.807) is 18.2 Å². The van der Waals surface area contributed by atoms with Crippen molar-refractivity contribution in [2.45, 2.75) is 12.5 Å². The number of halogens is 2. The van der Waals surface area contributed by atoms with E-state index in [0.717, 1.165) is 0 Å². The van der Waals surface area contributed by atoms with Crippen LogP contribution >= 0.6 is 23.2 Å². The topological polar surface area (TPSA) is 55.4 Å². The zero-order valence-electron chi connectivity index (χ0n) is 10.3. The van der Waals surface area contributed by atoms with Crippen molar-refractivity contribution < 1.29 is 14.3 Å². The maximum Gasteiger partial charge on any atom is 0.322 e. The van der Waals surface area contributed by atoms with Crippen molar-refractivity contribution >= 4 is 35.0 Å². The minimum absolute atomic E-state index is 0.144. The van der Waals surface area contributed by atoms with Gasteiger partial charge in [-0.1, -0.05) is 29.3 Å². The summed E-state index contributed by atoms with van der Waals surface area (Å²) in [6.07, 6.45) is 0.396. The van der Waals surface area contributed by atoms with Crippen LogP contribution in [0.5, 0.6) is 0 Å². The van der Waals surface area contributed by atoms with Crippen LogP contribution in [0.3, 0.4) is 0 Å². The lowest BCUT2D eigenvalue weighted by atomic mass is 9.95. The predicted octanol–water partition coefficient (Wildman–Crippen LogP) is 2.33. The molecule has 1 aliphatic heterocycles. The van der Waals surface area contributed by atoms with E-state index < -0.39 is 6.04 Å². The van der Waals surface area contributed by atoms with Gasteiger partial charge < -0.3 is 10.1 Å². The second-order valence-electron chi connectivity index (χ2n) is 4.38. The summed E-state index contributed by atoms with van der Waals surface area (Å²) in [4.78, 5) is 23.8. The quantitative estimate of drug-likeness (QED) is 0.688. The normalized spacial score (nSPS) is 22.3. The molecule has 2 rings (SSSR count). The van der Waals surface area contributed by atoms with Gasteiger partial charge in [-0.25, -0.2) is 0 Å². The smallest absolute Gasteiger partial charge is 0.322 e. The summed E-state index contributed by atoms with van der Waals surface area (Å²) in [6, 6.07) is 4.49. The number of nitrogens with one attached hydrogen (secondary N) is 1. The molecule has 1 aliphatic rings. The van der Waals surface area contributed by atoms with Gasteiger partial charge in [0.25, 0.3) is 0 Å². The molecule has 1 N–H and O–H groups in total. The first-order valence-corrected chi connectivity index (χ1v) is 6.59. The molecule has 19 heavy (non-hydrogen) atoms. The molecule has 0 radical (unpaired) electrons. The van der Waals surface area contributed by atoms with Crippen molar-refractivity contribution in [3.05, 3.63) is 33.8 Å². The number of hydrogen-bond acceptors (Lipinski definition) is 4. The monoisotopic (exact) mass is 301 g/mol. The minimum Gasteiger partial charge on any atom is -0.468 e. The Bertz CT molecular complexity index is 498. The van der Waals surface area contributed by atoms with Gasteiger partial charge in [-0.05, 0) is 18.6 Å². The third-order valence-electron chi connectivity index (χ3n) is 3.20. The number of ether oxygens (including phenoxy) is 1. The molecule has 0 saturated carbocycles. The third-order valence-corrected chi connectivity index (χ3v) is 3.83. The Morgan fingerprint density at radius 3 is 2.53 bits per heavy atom. The molecule has 4 nitrogen and oxygen atoms in total. The number of methoxy groups -OCH3 is 1. The van der Waals surface area contributed by atoms with Crippen LogP contribution in [-0.4, -0.2) is 31.4 Å². The molecule has 1 saturated heterocycles. The lowest BCUT2D eigenvalue weighted by Crippen LogP contribution is -2.31. The molecule has 0 aromatic heterocycles. The number of esters is 1. The summed E-state index contributed by atoms with van der Waals surface area (Å²) >= 11 is 12.0. The molecule has 2 atom stereocenters. The van der Waals surface area contributed by atoms with Crippen LogP contribution in [0.2, 0.25) is 10.0 Å². The van der Waals surface area contributed by atoms with Gasteiger partial charge >= 0.3 is 5.97 Å².